The third-order valence-corrected chi connectivity index (χ3v) is 3.88. The molecule has 0 amide bonds. The number of aromatic nitrogens is 2. The topological polar surface area (TPSA) is 84.1 Å². The summed E-state index contributed by atoms with van der Waals surface area (Å²) in [5, 5.41) is 0.107. The lowest BCUT2D eigenvalue weighted by Crippen LogP contribution is -2.40. The van der Waals surface area contributed by atoms with Crippen LogP contribution in [0.25, 0.3) is 0 Å². The standard InChI is InChI=1S/C9H15N3O3S/c1-7-10-5-9(11-7)16(13,14)12-8-3-2-4-15-6-8/h5,8,12H,2-4,6H2,1H3,(H,10,11). The first-order valence-electron chi connectivity index (χ1n) is 5.19. The molecule has 16 heavy (non-hydrogen) atoms. The second kappa shape index (κ2) is 4.52. The zero-order valence-electron chi connectivity index (χ0n) is 9.06. The van der Waals surface area contributed by atoms with E-state index in [-0.39, 0.29) is 11.1 Å². The van der Waals surface area contributed by atoms with Crippen LogP contribution in [0.1, 0.15) is 18.7 Å². The Morgan fingerprint density at radius 2 is 2.44 bits per heavy atom. The Labute approximate surface area is 94.5 Å². The van der Waals surface area contributed by atoms with Gasteiger partial charge in [0.1, 0.15) is 5.82 Å². The largest absolute Gasteiger partial charge is 0.380 e. The molecule has 0 aromatic carbocycles. The molecular formula is C9H15N3O3S. The third-order valence-electron chi connectivity index (χ3n) is 2.45. The molecular weight excluding hydrogens is 230 g/mol. The van der Waals surface area contributed by atoms with Crippen molar-refractivity contribution in [1.29, 1.82) is 0 Å². The molecule has 1 saturated heterocycles. The molecule has 6 nitrogen and oxygen atoms in total. The summed E-state index contributed by atoms with van der Waals surface area (Å²) in [4.78, 5) is 6.57. The van der Waals surface area contributed by atoms with Crippen LogP contribution in [0.3, 0.4) is 0 Å². The number of nitrogens with zero attached hydrogens (tertiary/aromatic N) is 1. The van der Waals surface area contributed by atoms with Gasteiger partial charge in [0.2, 0.25) is 0 Å². The fraction of sp³-hybridized carbons (Fsp3) is 0.667. The van der Waals surface area contributed by atoms with E-state index in [1.165, 1.54) is 6.20 Å². The number of ether oxygens (including phenoxy) is 1. The Kier molecular flexibility index (Phi) is 3.27. The first-order valence-corrected chi connectivity index (χ1v) is 6.68. The molecule has 1 atom stereocenters. The summed E-state index contributed by atoms with van der Waals surface area (Å²) < 4.78 is 31.6. The number of aromatic amines is 1. The maximum Gasteiger partial charge on any atom is 0.257 e. The molecule has 2 N–H and O–H groups in total. The van der Waals surface area contributed by atoms with Gasteiger partial charge >= 0.3 is 0 Å². The van der Waals surface area contributed by atoms with Crippen LogP contribution in [0, 0.1) is 6.92 Å². The van der Waals surface area contributed by atoms with Crippen molar-refractivity contribution in [2.75, 3.05) is 13.2 Å². The van der Waals surface area contributed by atoms with Crippen LogP contribution >= 0.6 is 0 Å². The first-order chi connectivity index (χ1) is 7.58. The minimum atomic E-state index is -3.49. The predicted octanol–water partition coefficient (Wildman–Crippen LogP) is 0.175. The number of sulfonamides is 1. The maximum absolute atomic E-state index is 11.9. The van der Waals surface area contributed by atoms with Crippen LogP contribution in [0.2, 0.25) is 0 Å². The first kappa shape index (κ1) is 11.6. The van der Waals surface area contributed by atoms with Crippen LogP contribution in [0.5, 0.6) is 0 Å². The molecule has 2 heterocycles. The molecule has 0 saturated carbocycles. The van der Waals surface area contributed by atoms with E-state index in [1.54, 1.807) is 6.92 Å². The molecule has 90 valence electrons. The minimum Gasteiger partial charge on any atom is -0.380 e. The van der Waals surface area contributed by atoms with Crippen molar-refractivity contribution in [1.82, 2.24) is 14.7 Å². The van der Waals surface area contributed by atoms with Gasteiger partial charge in [-0.1, -0.05) is 0 Å². The number of nitrogens with one attached hydrogen (secondary N) is 2. The lowest BCUT2D eigenvalue weighted by atomic mass is 10.1. The van der Waals surface area contributed by atoms with E-state index < -0.39 is 10.0 Å². The van der Waals surface area contributed by atoms with Gasteiger partial charge in [-0.25, -0.2) is 18.1 Å². The number of aryl methyl sites for hydroxylation is 1. The molecule has 7 heteroatoms. The molecule has 1 aromatic rings. The van der Waals surface area contributed by atoms with Gasteiger partial charge < -0.3 is 9.72 Å². The maximum atomic E-state index is 11.9. The molecule has 0 spiro atoms. The summed E-state index contributed by atoms with van der Waals surface area (Å²) in [7, 11) is -3.49. The van der Waals surface area contributed by atoms with Gasteiger partial charge in [-0.05, 0) is 19.8 Å². The van der Waals surface area contributed by atoms with Crippen LogP contribution < -0.4 is 4.72 Å². The second-order valence-electron chi connectivity index (χ2n) is 3.87. The normalized spacial score (nSPS) is 22.2. The van der Waals surface area contributed by atoms with E-state index in [0.717, 1.165) is 12.8 Å². The Balaban J connectivity index is 2.07. The molecule has 1 aliphatic heterocycles. The molecule has 1 fully saturated rings. The smallest absolute Gasteiger partial charge is 0.257 e. The Morgan fingerprint density at radius 3 is 3.00 bits per heavy atom. The van der Waals surface area contributed by atoms with E-state index in [9.17, 15) is 8.42 Å². The van der Waals surface area contributed by atoms with Gasteiger partial charge in [-0.15, -0.1) is 0 Å². The number of H-pyrrole nitrogens is 1. The Bertz CT molecular complexity index is 448. The lowest BCUT2D eigenvalue weighted by molar-refractivity contribution is 0.0774. The van der Waals surface area contributed by atoms with Crippen molar-refractivity contribution in [3.63, 3.8) is 0 Å². The number of imidazole rings is 1. The number of rotatable bonds is 3. The highest BCUT2D eigenvalue weighted by Gasteiger charge is 2.23. The Morgan fingerprint density at radius 1 is 1.62 bits per heavy atom. The zero-order chi connectivity index (χ0) is 11.6. The monoisotopic (exact) mass is 245 g/mol. The molecule has 0 radical (unpaired) electrons. The van der Waals surface area contributed by atoms with Crippen LogP contribution in [-0.4, -0.2) is 37.6 Å². The fourth-order valence-corrected chi connectivity index (χ4v) is 2.88. The van der Waals surface area contributed by atoms with Crippen LogP contribution in [0.4, 0.5) is 0 Å². The van der Waals surface area contributed by atoms with Gasteiger partial charge in [0.05, 0.1) is 12.8 Å². The quantitative estimate of drug-likeness (QED) is 0.795. The summed E-state index contributed by atoms with van der Waals surface area (Å²) in [6.45, 7) is 2.86. The van der Waals surface area contributed by atoms with Crippen molar-refractivity contribution in [3.05, 3.63) is 12.0 Å². The van der Waals surface area contributed by atoms with Crippen molar-refractivity contribution >= 4 is 10.0 Å². The molecule has 0 bridgehead atoms. The lowest BCUT2D eigenvalue weighted by Gasteiger charge is -2.22. The van der Waals surface area contributed by atoms with E-state index in [4.69, 9.17) is 4.74 Å². The fourth-order valence-electron chi connectivity index (χ4n) is 1.65. The molecule has 2 rings (SSSR count). The van der Waals surface area contributed by atoms with Crippen molar-refractivity contribution < 1.29 is 13.2 Å². The molecule has 1 unspecified atom stereocenters. The average Bonchev–Trinajstić information content (AvgIpc) is 2.66. The van der Waals surface area contributed by atoms with E-state index >= 15 is 0 Å². The number of hydrogen-bond acceptors (Lipinski definition) is 4. The summed E-state index contributed by atoms with van der Waals surface area (Å²) in [5.74, 6) is 0.584. The van der Waals surface area contributed by atoms with Gasteiger partial charge in [0.25, 0.3) is 10.0 Å². The summed E-state index contributed by atoms with van der Waals surface area (Å²) in [5.41, 5.74) is 0. The van der Waals surface area contributed by atoms with E-state index in [0.29, 0.717) is 19.0 Å². The van der Waals surface area contributed by atoms with E-state index in [2.05, 4.69) is 14.7 Å². The highest BCUT2D eigenvalue weighted by Crippen LogP contribution is 2.11. The molecule has 1 aromatic heterocycles. The molecule has 0 aliphatic carbocycles. The van der Waals surface area contributed by atoms with Crippen LogP contribution in [0.15, 0.2) is 11.2 Å². The third kappa shape index (κ3) is 2.60. The van der Waals surface area contributed by atoms with Gasteiger partial charge in [-0.3, -0.25) is 0 Å². The summed E-state index contributed by atoms with van der Waals surface area (Å²) in [6.07, 6.45) is 3.02. The highest BCUT2D eigenvalue weighted by atomic mass is 32.2. The van der Waals surface area contributed by atoms with Gasteiger partial charge in [0, 0.05) is 12.6 Å². The average molecular weight is 245 g/mol. The zero-order valence-corrected chi connectivity index (χ0v) is 9.88. The van der Waals surface area contributed by atoms with Crippen molar-refractivity contribution in [3.8, 4) is 0 Å². The number of hydrogen-bond donors (Lipinski definition) is 2. The SMILES string of the molecule is Cc1ncc(S(=O)(=O)NC2CCCOC2)[nH]1. The van der Waals surface area contributed by atoms with Gasteiger partial charge in [-0.2, -0.15) is 0 Å². The second-order valence-corrected chi connectivity index (χ2v) is 5.55. The van der Waals surface area contributed by atoms with E-state index in [1.807, 2.05) is 0 Å². The Hall–Kier alpha value is -0.920. The summed E-state index contributed by atoms with van der Waals surface area (Å²) >= 11 is 0. The van der Waals surface area contributed by atoms with Gasteiger partial charge in [0.15, 0.2) is 5.03 Å². The summed E-state index contributed by atoms with van der Waals surface area (Å²) in [6, 6.07) is -0.137. The van der Waals surface area contributed by atoms with Crippen LogP contribution in [-0.2, 0) is 14.8 Å². The molecule has 1 aliphatic rings. The predicted molar refractivity (Wildman–Crippen MR) is 57.5 cm³/mol. The minimum absolute atomic E-state index is 0.107. The van der Waals surface area contributed by atoms with Crippen molar-refractivity contribution in [2.24, 2.45) is 0 Å². The van der Waals surface area contributed by atoms with Crippen molar-refractivity contribution in [2.45, 2.75) is 30.8 Å². The highest BCUT2D eigenvalue weighted by molar-refractivity contribution is 7.89.